The fraction of sp³-hybridized carbons (Fsp3) is 0.200. The molecule has 0 atom stereocenters. The van der Waals surface area contributed by atoms with Crippen LogP contribution in [0.15, 0.2) is 46.9 Å². The van der Waals surface area contributed by atoms with E-state index in [9.17, 15) is 4.39 Å². The molecular weight excluding hydrogens is 309 g/mol. The maximum atomic E-state index is 13.2. The summed E-state index contributed by atoms with van der Waals surface area (Å²) in [5.74, 6) is -0.242. The lowest BCUT2D eigenvalue weighted by atomic mass is 10.1. The number of hydrogen-bond acceptors (Lipinski definition) is 2. The number of benzene rings is 2. The van der Waals surface area contributed by atoms with E-state index in [4.69, 9.17) is 5.11 Å². The van der Waals surface area contributed by atoms with E-state index >= 15 is 0 Å². The molecule has 0 bridgehead atoms. The molecule has 0 spiro atoms. The van der Waals surface area contributed by atoms with E-state index in [-0.39, 0.29) is 12.4 Å². The van der Waals surface area contributed by atoms with E-state index in [1.165, 1.54) is 12.1 Å². The average Bonchev–Trinajstić information content (AvgIpc) is 2.38. The van der Waals surface area contributed by atoms with Crippen LogP contribution < -0.4 is 5.32 Å². The molecule has 0 saturated heterocycles. The van der Waals surface area contributed by atoms with Gasteiger partial charge in [0, 0.05) is 17.6 Å². The van der Waals surface area contributed by atoms with Gasteiger partial charge in [-0.3, -0.25) is 0 Å². The quantitative estimate of drug-likeness (QED) is 0.884. The second-order valence-corrected chi connectivity index (χ2v) is 5.27. The van der Waals surface area contributed by atoms with Gasteiger partial charge in [-0.2, -0.15) is 0 Å². The highest BCUT2D eigenvalue weighted by Crippen LogP contribution is 2.15. The molecule has 0 radical (unpaired) electrons. The van der Waals surface area contributed by atoms with Crippen LogP contribution in [-0.4, -0.2) is 5.11 Å². The lowest BCUT2D eigenvalue weighted by molar-refractivity contribution is 0.281. The normalized spacial score (nSPS) is 10.7. The van der Waals surface area contributed by atoms with Gasteiger partial charge in [-0.1, -0.05) is 40.2 Å². The molecule has 2 aromatic carbocycles. The summed E-state index contributed by atoms with van der Waals surface area (Å²) in [7, 11) is 0. The van der Waals surface area contributed by atoms with Crippen molar-refractivity contribution in [1.82, 2.24) is 5.32 Å². The molecule has 0 unspecified atom stereocenters. The van der Waals surface area contributed by atoms with Gasteiger partial charge in [0.05, 0.1) is 6.61 Å². The number of aliphatic hydroxyl groups excluding tert-OH is 1. The monoisotopic (exact) mass is 323 g/mol. The smallest absolute Gasteiger partial charge is 0.124 e. The number of halogens is 2. The highest BCUT2D eigenvalue weighted by atomic mass is 79.9. The molecule has 2 N–H and O–H groups in total. The van der Waals surface area contributed by atoms with Crippen LogP contribution in [0.4, 0.5) is 4.39 Å². The summed E-state index contributed by atoms with van der Waals surface area (Å²) < 4.78 is 13.9. The topological polar surface area (TPSA) is 32.3 Å². The third-order valence-electron chi connectivity index (χ3n) is 2.75. The third-order valence-corrected chi connectivity index (χ3v) is 3.21. The Kier molecular flexibility index (Phi) is 5.07. The third kappa shape index (κ3) is 4.42. The summed E-state index contributed by atoms with van der Waals surface area (Å²) >= 11 is 3.27. The minimum Gasteiger partial charge on any atom is -0.392 e. The Bertz CT molecular complexity index is 539. The molecular formula is C15H15BrFNO. The maximum Gasteiger partial charge on any atom is 0.124 e. The van der Waals surface area contributed by atoms with Crippen molar-refractivity contribution in [2.24, 2.45) is 0 Å². The van der Waals surface area contributed by atoms with Crippen LogP contribution in [-0.2, 0) is 19.7 Å². The molecule has 2 rings (SSSR count). The first-order chi connectivity index (χ1) is 9.17. The minimum atomic E-state index is -0.242. The zero-order valence-corrected chi connectivity index (χ0v) is 12.0. The molecule has 0 aromatic heterocycles. The molecule has 19 heavy (non-hydrogen) atoms. The Balaban J connectivity index is 1.92. The summed E-state index contributed by atoms with van der Waals surface area (Å²) in [5, 5.41) is 12.3. The van der Waals surface area contributed by atoms with Crippen LogP contribution in [0, 0.1) is 5.82 Å². The zero-order valence-electron chi connectivity index (χ0n) is 10.4. The molecule has 0 heterocycles. The summed E-state index contributed by atoms with van der Waals surface area (Å²) in [6.45, 7) is 1.33. The molecule has 0 aliphatic rings. The van der Waals surface area contributed by atoms with Crippen LogP contribution in [0.2, 0.25) is 0 Å². The molecule has 2 nitrogen and oxygen atoms in total. The van der Waals surface area contributed by atoms with Gasteiger partial charge in [0.2, 0.25) is 0 Å². The lowest BCUT2D eigenvalue weighted by Crippen LogP contribution is -2.13. The van der Waals surface area contributed by atoms with E-state index in [0.717, 1.165) is 21.2 Å². The second kappa shape index (κ2) is 6.80. The van der Waals surface area contributed by atoms with E-state index < -0.39 is 0 Å². The van der Waals surface area contributed by atoms with E-state index in [2.05, 4.69) is 21.2 Å². The van der Waals surface area contributed by atoms with Crippen molar-refractivity contribution in [3.63, 3.8) is 0 Å². The Hall–Kier alpha value is -1.23. The first kappa shape index (κ1) is 14.2. The maximum absolute atomic E-state index is 13.2. The highest BCUT2D eigenvalue weighted by molar-refractivity contribution is 9.10. The standard InChI is InChI=1S/C15H15BrFNO/c16-14-5-13(6-15(17)7-14)9-18-8-11-2-1-3-12(4-11)10-19/h1-7,18-19H,8-10H2. The fourth-order valence-corrected chi connectivity index (χ4v) is 2.41. The van der Waals surface area contributed by atoms with Gasteiger partial charge in [0.1, 0.15) is 5.82 Å². The molecule has 0 saturated carbocycles. The predicted molar refractivity (Wildman–Crippen MR) is 77.0 cm³/mol. The Morgan fingerprint density at radius 3 is 2.47 bits per heavy atom. The second-order valence-electron chi connectivity index (χ2n) is 4.36. The number of nitrogens with one attached hydrogen (secondary N) is 1. The number of hydrogen-bond donors (Lipinski definition) is 2. The van der Waals surface area contributed by atoms with Crippen LogP contribution in [0.3, 0.4) is 0 Å². The molecule has 100 valence electrons. The van der Waals surface area contributed by atoms with Crippen molar-refractivity contribution in [3.05, 3.63) is 69.4 Å². The Labute approximate surface area is 120 Å². The fourth-order valence-electron chi connectivity index (χ4n) is 1.90. The Morgan fingerprint density at radius 1 is 1.00 bits per heavy atom. The molecule has 4 heteroatoms. The van der Waals surface area contributed by atoms with Gasteiger partial charge in [-0.25, -0.2) is 4.39 Å². The number of rotatable bonds is 5. The summed E-state index contributed by atoms with van der Waals surface area (Å²) in [6, 6.07) is 12.6. The Morgan fingerprint density at radius 2 is 1.74 bits per heavy atom. The van der Waals surface area contributed by atoms with Crippen molar-refractivity contribution in [3.8, 4) is 0 Å². The summed E-state index contributed by atoms with van der Waals surface area (Å²) in [5.41, 5.74) is 2.89. The largest absolute Gasteiger partial charge is 0.392 e. The molecule has 0 amide bonds. The summed E-state index contributed by atoms with van der Waals surface area (Å²) in [4.78, 5) is 0. The lowest BCUT2D eigenvalue weighted by Gasteiger charge is -2.07. The molecule has 0 aliphatic heterocycles. The molecule has 0 fully saturated rings. The number of aliphatic hydroxyl groups is 1. The van der Waals surface area contributed by atoms with Crippen molar-refractivity contribution in [2.75, 3.05) is 0 Å². The first-order valence-corrected chi connectivity index (χ1v) is 6.81. The minimum absolute atomic E-state index is 0.0463. The van der Waals surface area contributed by atoms with E-state index in [1.807, 2.05) is 30.3 Å². The van der Waals surface area contributed by atoms with Crippen molar-refractivity contribution >= 4 is 15.9 Å². The van der Waals surface area contributed by atoms with Gasteiger partial charge < -0.3 is 10.4 Å². The van der Waals surface area contributed by atoms with Gasteiger partial charge in [-0.05, 0) is 34.9 Å². The van der Waals surface area contributed by atoms with Crippen molar-refractivity contribution in [2.45, 2.75) is 19.7 Å². The van der Waals surface area contributed by atoms with Crippen molar-refractivity contribution in [1.29, 1.82) is 0 Å². The highest BCUT2D eigenvalue weighted by Gasteiger charge is 2.00. The van der Waals surface area contributed by atoms with Gasteiger partial charge in [0.15, 0.2) is 0 Å². The van der Waals surface area contributed by atoms with Crippen LogP contribution in [0.5, 0.6) is 0 Å². The summed E-state index contributed by atoms with van der Waals surface area (Å²) in [6.07, 6.45) is 0. The van der Waals surface area contributed by atoms with Gasteiger partial charge >= 0.3 is 0 Å². The van der Waals surface area contributed by atoms with E-state index in [1.54, 1.807) is 0 Å². The zero-order chi connectivity index (χ0) is 13.7. The van der Waals surface area contributed by atoms with E-state index in [0.29, 0.717) is 13.1 Å². The molecule has 2 aromatic rings. The first-order valence-electron chi connectivity index (χ1n) is 6.02. The van der Waals surface area contributed by atoms with Crippen LogP contribution in [0.25, 0.3) is 0 Å². The predicted octanol–water partition coefficient (Wildman–Crippen LogP) is 3.37. The average molecular weight is 324 g/mol. The SMILES string of the molecule is OCc1cccc(CNCc2cc(F)cc(Br)c2)c1. The van der Waals surface area contributed by atoms with Crippen LogP contribution >= 0.6 is 15.9 Å². The van der Waals surface area contributed by atoms with Crippen molar-refractivity contribution < 1.29 is 9.50 Å². The van der Waals surface area contributed by atoms with Gasteiger partial charge in [-0.15, -0.1) is 0 Å². The van der Waals surface area contributed by atoms with Gasteiger partial charge in [0.25, 0.3) is 0 Å². The molecule has 0 aliphatic carbocycles. The van der Waals surface area contributed by atoms with Crippen LogP contribution in [0.1, 0.15) is 16.7 Å².